The number of rotatable bonds is 6. The summed E-state index contributed by atoms with van der Waals surface area (Å²) in [5.41, 5.74) is 8.05. The maximum absolute atomic E-state index is 5.82. The monoisotopic (exact) mass is 425 g/mol. The average Bonchev–Trinajstić information content (AvgIpc) is 2.53. The number of anilines is 1. The number of guanidine groups is 1. The molecule has 0 heterocycles. The fraction of sp³-hybridized carbons (Fsp3) is 0.278. The number of aliphatic imine (C=N–C) groups is 1. The van der Waals surface area contributed by atoms with E-state index in [-0.39, 0.29) is 24.0 Å². The molecular formula is C18H24IN3O. The van der Waals surface area contributed by atoms with Gasteiger partial charge in [0.25, 0.3) is 0 Å². The summed E-state index contributed by atoms with van der Waals surface area (Å²) in [5.74, 6) is 1.78. The van der Waals surface area contributed by atoms with Crippen molar-refractivity contribution in [3.63, 3.8) is 0 Å². The van der Waals surface area contributed by atoms with Crippen LogP contribution in [0.2, 0.25) is 0 Å². The number of benzene rings is 2. The van der Waals surface area contributed by atoms with Gasteiger partial charge in [0.2, 0.25) is 0 Å². The Kier molecular flexibility index (Phi) is 8.47. The van der Waals surface area contributed by atoms with Crippen LogP contribution in [0.1, 0.15) is 25.3 Å². The second-order valence-electron chi connectivity index (χ2n) is 5.33. The number of ether oxygens (including phenoxy) is 1. The molecule has 0 aliphatic rings. The second-order valence-corrected chi connectivity index (χ2v) is 5.33. The number of halogens is 1. The van der Waals surface area contributed by atoms with Crippen molar-refractivity contribution in [2.24, 2.45) is 10.7 Å². The first kappa shape index (κ1) is 19.3. The predicted molar refractivity (Wildman–Crippen MR) is 108 cm³/mol. The van der Waals surface area contributed by atoms with Gasteiger partial charge in [-0.15, -0.1) is 24.0 Å². The lowest BCUT2D eigenvalue weighted by atomic mass is 10.0. The Bertz CT molecular complexity index is 597. The zero-order chi connectivity index (χ0) is 15.8. The van der Waals surface area contributed by atoms with Gasteiger partial charge < -0.3 is 15.8 Å². The lowest BCUT2D eigenvalue weighted by Gasteiger charge is -2.08. The van der Waals surface area contributed by atoms with Gasteiger partial charge in [0.1, 0.15) is 12.4 Å². The molecule has 0 unspecified atom stereocenters. The number of para-hydroxylation sites is 1. The van der Waals surface area contributed by atoms with E-state index in [1.807, 2.05) is 42.5 Å². The van der Waals surface area contributed by atoms with E-state index in [1.54, 1.807) is 0 Å². The maximum atomic E-state index is 5.82. The lowest BCUT2D eigenvalue weighted by Crippen LogP contribution is -2.23. The van der Waals surface area contributed by atoms with Gasteiger partial charge in [0.05, 0.1) is 6.54 Å². The van der Waals surface area contributed by atoms with Crippen LogP contribution in [-0.4, -0.2) is 19.1 Å². The van der Waals surface area contributed by atoms with E-state index in [1.165, 1.54) is 5.56 Å². The van der Waals surface area contributed by atoms with Crippen molar-refractivity contribution in [1.82, 2.24) is 0 Å². The first-order valence-corrected chi connectivity index (χ1v) is 7.50. The summed E-state index contributed by atoms with van der Waals surface area (Å²) < 4.78 is 5.65. The Morgan fingerprint density at radius 3 is 2.35 bits per heavy atom. The predicted octanol–water partition coefficient (Wildman–Crippen LogP) is 4.23. The van der Waals surface area contributed by atoms with Crippen LogP contribution >= 0.6 is 24.0 Å². The zero-order valence-electron chi connectivity index (χ0n) is 13.5. The Balaban J connectivity index is 0.00000264. The van der Waals surface area contributed by atoms with Gasteiger partial charge >= 0.3 is 0 Å². The first-order valence-electron chi connectivity index (χ1n) is 7.50. The summed E-state index contributed by atoms with van der Waals surface area (Å²) in [6.07, 6.45) is 0. The third-order valence-electron chi connectivity index (χ3n) is 3.24. The summed E-state index contributed by atoms with van der Waals surface area (Å²) in [7, 11) is 0. The zero-order valence-corrected chi connectivity index (χ0v) is 15.9. The molecule has 4 nitrogen and oxygen atoms in total. The third-order valence-corrected chi connectivity index (χ3v) is 3.24. The molecule has 0 spiro atoms. The molecule has 0 saturated carbocycles. The number of nitrogens with zero attached hydrogens (tertiary/aromatic N) is 1. The van der Waals surface area contributed by atoms with Gasteiger partial charge in [-0.3, -0.25) is 0 Å². The van der Waals surface area contributed by atoms with Crippen molar-refractivity contribution in [3.05, 3.63) is 60.2 Å². The minimum absolute atomic E-state index is 0. The molecule has 2 aromatic carbocycles. The largest absolute Gasteiger partial charge is 0.492 e. The molecule has 0 amide bonds. The van der Waals surface area contributed by atoms with Crippen molar-refractivity contribution in [3.8, 4) is 5.75 Å². The van der Waals surface area contributed by atoms with Crippen molar-refractivity contribution in [2.75, 3.05) is 18.5 Å². The fourth-order valence-corrected chi connectivity index (χ4v) is 1.99. The summed E-state index contributed by atoms with van der Waals surface area (Å²) in [6, 6.07) is 17.9. The van der Waals surface area contributed by atoms with Crippen molar-refractivity contribution < 1.29 is 4.74 Å². The smallest absolute Gasteiger partial charge is 0.193 e. The molecule has 5 heteroatoms. The van der Waals surface area contributed by atoms with E-state index in [4.69, 9.17) is 10.5 Å². The highest BCUT2D eigenvalue weighted by molar-refractivity contribution is 14.0. The molecule has 3 N–H and O–H groups in total. The molecule has 0 aliphatic heterocycles. The summed E-state index contributed by atoms with van der Waals surface area (Å²) in [4.78, 5) is 4.24. The average molecular weight is 425 g/mol. The van der Waals surface area contributed by atoms with Crippen LogP contribution in [0.15, 0.2) is 59.6 Å². The van der Waals surface area contributed by atoms with E-state index in [0.717, 1.165) is 11.4 Å². The first-order chi connectivity index (χ1) is 10.6. The standard InChI is InChI=1S/C18H23N3O.HI/c1-14(2)15-8-10-17(11-9-15)22-13-12-20-18(19)21-16-6-4-3-5-7-16;/h3-11,14H,12-13H2,1-2H3,(H3,19,20,21);1H. The Labute approximate surface area is 155 Å². The van der Waals surface area contributed by atoms with Crippen molar-refractivity contribution in [2.45, 2.75) is 19.8 Å². The number of nitrogens with two attached hydrogens (primary N) is 1. The van der Waals surface area contributed by atoms with Crippen LogP contribution in [0.25, 0.3) is 0 Å². The third kappa shape index (κ3) is 6.90. The Morgan fingerprint density at radius 2 is 1.74 bits per heavy atom. The van der Waals surface area contributed by atoms with E-state index in [9.17, 15) is 0 Å². The van der Waals surface area contributed by atoms with Crippen LogP contribution in [0, 0.1) is 0 Å². The summed E-state index contributed by atoms with van der Waals surface area (Å²) >= 11 is 0. The molecule has 0 atom stereocenters. The van der Waals surface area contributed by atoms with Crippen LogP contribution in [0.5, 0.6) is 5.75 Å². The second kappa shape index (κ2) is 10.1. The molecule has 0 fully saturated rings. The van der Waals surface area contributed by atoms with Gasteiger partial charge in [-0.05, 0) is 35.7 Å². The number of hydrogen-bond donors (Lipinski definition) is 2. The Morgan fingerprint density at radius 1 is 1.09 bits per heavy atom. The van der Waals surface area contributed by atoms with Crippen LogP contribution in [0.4, 0.5) is 5.69 Å². The SMILES string of the molecule is CC(C)c1ccc(OCCN=C(N)Nc2ccccc2)cc1.I. The van der Waals surface area contributed by atoms with Gasteiger partial charge in [0.15, 0.2) is 5.96 Å². The highest BCUT2D eigenvalue weighted by Crippen LogP contribution is 2.18. The van der Waals surface area contributed by atoms with E-state index in [2.05, 4.69) is 36.3 Å². The quantitative estimate of drug-likeness (QED) is 0.315. The molecule has 2 aromatic rings. The summed E-state index contributed by atoms with van der Waals surface area (Å²) in [5, 5.41) is 3.03. The van der Waals surface area contributed by atoms with Gasteiger partial charge in [-0.1, -0.05) is 44.2 Å². The van der Waals surface area contributed by atoms with Crippen molar-refractivity contribution >= 4 is 35.6 Å². The van der Waals surface area contributed by atoms with Crippen molar-refractivity contribution in [1.29, 1.82) is 0 Å². The van der Waals surface area contributed by atoms with Crippen LogP contribution in [0.3, 0.4) is 0 Å². The molecular weight excluding hydrogens is 401 g/mol. The molecule has 0 aliphatic carbocycles. The van der Waals surface area contributed by atoms with E-state index >= 15 is 0 Å². The number of nitrogens with one attached hydrogen (secondary N) is 1. The van der Waals surface area contributed by atoms with Crippen LogP contribution in [-0.2, 0) is 0 Å². The fourth-order valence-electron chi connectivity index (χ4n) is 1.99. The normalized spacial score (nSPS) is 11.0. The van der Waals surface area contributed by atoms with Gasteiger partial charge in [-0.2, -0.15) is 0 Å². The van der Waals surface area contributed by atoms with Crippen LogP contribution < -0.4 is 15.8 Å². The number of hydrogen-bond acceptors (Lipinski definition) is 2. The maximum Gasteiger partial charge on any atom is 0.193 e. The van der Waals surface area contributed by atoms with E-state index in [0.29, 0.717) is 25.0 Å². The molecule has 0 aromatic heterocycles. The van der Waals surface area contributed by atoms with Gasteiger partial charge in [0, 0.05) is 5.69 Å². The molecule has 23 heavy (non-hydrogen) atoms. The minimum Gasteiger partial charge on any atom is -0.492 e. The summed E-state index contributed by atoms with van der Waals surface area (Å²) in [6.45, 7) is 5.36. The van der Waals surface area contributed by atoms with E-state index < -0.39 is 0 Å². The highest BCUT2D eigenvalue weighted by atomic mass is 127. The topological polar surface area (TPSA) is 59.6 Å². The highest BCUT2D eigenvalue weighted by Gasteiger charge is 1.99. The lowest BCUT2D eigenvalue weighted by molar-refractivity contribution is 0.328. The molecule has 0 saturated heterocycles. The van der Waals surface area contributed by atoms with Gasteiger partial charge in [-0.25, -0.2) is 4.99 Å². The molecule has 2 rings (SSSR count). The molecule has 0 radical (unpaired) electrons. The molecule has 124 valence electrons. The Hall–Kier alpha value is -1.76. The molecule has 0 bridgehead atoms. The minimum atomic E-state index is 0.